The van der Waals surface area contributed by atoms with Gasteiger partial charge in [-0.3, -0.25) is 0 Å². The van der Waals surface area contributed by atoms with E-state index in [0.717, 1.165) is 6.04 Å². The Morgan fingerprint density at radius 1 is 0.909 bits per heavy atom. The highest BCUT2D eigenvalue weighted by Crippen LogP contribution is 2.28. The summed E-state index contributed by atoms with van der Waals surface area (Å²) in [6.45, 7) is 10.2. The molecule has 128 valence electrons. The lowest BCUT2D eigenvalue weighted by molar-refractivity contribution is 0.211. The van der Waals surface area contributed by atoms with Gasteiger partial charge in [-0.25, -0.2) is 0 Å². The number of rotatable bonds is 3. The third-order valence-corrected chi connectivity index (χ3v) is 4.31. The quantitative estimate of drug-likeness (QED) is 0.742. The van der Waals surface area contributed by atoms with Crippen LogP contribution in [0.4, 0.5) is 5.69 Å². The Bertz CT molecular complexity index is 387. The van der Waals surface area contributed by atoms with E-state index in [1.807, 2.05) is 27.7 Å². The molecule has 0 aliphatic heterocycles. The molecule has 1 saturated carbocycles. The summed E-state index contributed by atoms with van der Waals surface area (Å²) in [5.41, 5.74) is 2.71. The molecule has 0 amide bonds. The minimum atomic E-state index is 0.688. The highest BCUT2D eigenvalue weighted by atomic mass is 15.2. The summed E-state index contributed by atoms with van der Waals surface area (Å²) in [7, 11) is 6.66. The largest absolute Gasteiger partial charge is 0.372 e. The van der Waals surface area contributed by atoms with Crippen LogP contribution in [0.15, 0.2) is 24.3 Å². The fourth-order valence-electron chi connectivity index (χ4n) is 3.02. The molecule has 2 heteroatoms. The minimum absolute atomic E-state index is 0.688. The predicted octanol–water partition coefficient (Wildman–Crippen LogP) is 5.36. The Kier molecular flexibility index (Phi) is 11.0. The first-order chi connectivity index (χ1) is 10.6. The molecule has 2 atom stereocenters. The van der Waals surface area contributed by atoms with Crippen LogP contribution in [0.3, 0.4) is 0 Å². The van der Waals surface area contributed by atoms with Gasteiger partial charge in [-0.1, -0.05) is 39.8 Å². The SMILES string of the molecule is CC.CC.Cc1cccc(N(C)C2CCCC(N(C)C)C2)c1. The average molecular weight is 307 g/mol. The van der Waals surface area contributed by atoms with Gasteiger partial charge in [0.15, 0.2) is 0 Å². The topological polar surface area (TPSA) is 6.48 Å². The van der Waals surface area contributed by atoms with E-state index in [1.165, 1.54) is 36.9 Å². The van der Waals surface area contributed by atoms with Crippen molar-refractivity contribution < 1.29 is 0 Å². The number of anilines is 1. The van der Waals surface area contributed by atoms with Crippen LogP contribution in [-0.2, 0) is 0 Å². The standard InChI is InChI=1S/C16H26N2.2C2H6/c1-13-7-5-9-15(11-13)18(4)16-10-6-8-14(12-16)17(2)3;2*1-2/h5,7,9,11,14,16H,6,8,10,12H2,1-4H3;2*1-2H3. The molecule has 2 rings (SSSR count). The Morgan fingerprint density at radius 3 is 2.05 bits per heavy atom. The van der Waals surface area contributed by atoms with Gasteiger partial charge in [0.25, 0.3) is 0 Å². The second-order valence-corrected chi connectivity index (χ2v) is 5.89. The van der Waals surface area contributed by atoms with Crippen LogP contribution in [-0.4, -0.2) is 38.1 Å². The third-order valence-electron chi connectivity index (χ3n) is 4.31. The monoisotopic (exact) mass is 306 g/mol. The molecule has 0 heterocycles. The van der Waals surface area contributed by atoms with Crippen molar-refractivity contribution in [3.05, 3.63) is 29.8 Å². The molecule has 1 aliphatic rings. The molecule has 0 spiro atoms. The lowest BCUT2D eigenvalue weighted by atomic mass is 9.89. The lowest BCUT2D eigenvalue weighted by Gasteiger charge is -2.39. The van der Waals surface area contributed by atoms with Crippen LogP contribution in [0.1, 0.15) is 58.9 Å². The van der Waals surface area contributed by atoms with E-state index in [0.29, 0.717) is 6.04 Å². The maximum absolute atomic E-state index is 2.47. The Hall–Kier alpha value is -1.02. The van der Waals surface area contributed by atoms with Crippen molar-refractivity contribution in [1.29, 1.82) is 0 Å². The fraction of sp³-hybridized carbons (Fsp3) is 0.700. The molecular formula is C20H38N2. The zero-order valence-corrected chi connectivity index (χ0v) is 16.2. The van der Waals surface area contributed by atoms with Crippen LogP contribution in [0, 0.1) is 6.92 Å². The lowest BCUT2D eigenvalue weighted by Crippen LogP contribution is -2.42. The van der Waals surface area contributed by atoms with E-state index in [9.17, 15) is 0 Å². The van der Waals surface area contributed by atoms with E-state index in [1.54, 1.807) is 0 Å². The van der Waals surface area contributed by atoms with Crippen molar-refractivity contribution in [3.8, 4) is 0 Å². The summed E-state index contributed by atoms with van der Waals surface area (Å²) in [6, 6.07) is 10.3. The molecule has 0 bridgehead atoms. The molecule has 0 radical (unpaired) electrons. The molecule has 1 aliphatic carbocycles. The fourth-order valence-corrected chi connectivity index (χ4v) is 3.02. The molecule has 0 N–H and O–H groups in total. The van der Waals surface area contributed by atoms with Crippen molar-refractivity contribution in [2.75, 3.05) is 26.0 Å². The maximum Gasteiger partial charge on any atom is 0.0368 e. The number of hydrogen-bond acceptors (Lipinski definition) is 2. The molecule has 1 aromatic carbocycles. The molecule has 22 heavy (non-hydrogen) atoms. The van der Waals surface area contributed by atoms with Gasteiger partial charge in [-0.15, -0.1) is 0 Å². The number of nitrogens with zero attached hydrogens (tertiary/aromatic N) is 2. The summed E-state index contributed by atoms with van der Waals surface area (Å²) < 4.78 is 0. The van der Waals surface area contributed by atoms with Crippen molar-refractivity contribution in [2.24, 2.45) is 0 Å². The van der Waals surface area contributed by atoms with Gasteiger partial charge in [-0.2, -0.15) is 0 Å². The number of benzene rings is 1. The van der Waals surface area contributed by atoms with Crippen LogP contribution >= 0.6 is 0 Å². The Balaban J connectivity index is 0.00000102. The Labute approximate surface area is 139 Å². The molecule has 1 fully saturated rings. The van der Waals surface area contributed by atoms with Crippen LogP contribution in [0.25, 0.3) is 0 Å². The molecule has 2 nitrogen and oxygen atoms in total. The van der Waals surface area contributed by atoms with Crippen molar-refractivity contribution in [2.45, 2.75) is 72.4 Å². The normalized spacial score (nSPS) is 20.4. The Morgan fingerprint density at radius 2 is 1.50 bits per heavy atom. The molecule has 0 aromatic heterocycles. The van der Waals surface area contributed by atoms with E-state index in [2.05, 4.69) is 62.1 Å². The smallest absolute Gasteiger partial charge is 0.0368 e. The van der Waals surface area contributed by atoms with Crippen molar-refractivity contribution in [3.63, 3.8) is 0 Å². The van der Waals surface area contributed by atoms with E-state index in [4.69, 9.17) is 0 Å². The van der Waals surface area contributed by atoms with Gasteiger partial charge in [0.2, 0.25) is 0 Å². The summed E-state index contributed by atoms with van der Waals surface area (Å²) in [5, 5.41) is 0. The highest BCUT2D eigenvalue weighted by molar-refractivity contribution is 5.48. The maximum atomic E-state index is 2.47. The zero-order chi connectivity index (χ0) is 17.1. The summed E-state index contributed by atoms with van der Waals surface area (Å²) in [6.07, 6.45) is 5.32. The first-order valence-corrected chi connectivity index (χ1v) is 9.04. The van der Waals surface area contributed by atoms with Crippen LogP contribution in [0.2, 0.25) is 0 Å². The predicted molar refractivity (Wildman–Crippen MR) is 102 cm³/mol. The zero-order valence-electron chi connectivity index (χ0n) is 16.2. The molecular weight excluding hydrogens is 268 g/mol. The van der Waals surface area contributed by atoms with Gasteiger partial charge < -0.3 is 9.80 Å². The van der Waals surface area contributed by atoms with Crippen LogP contribution in [0.5, 0.6) is 0 Å². The second-order valence-electron chi connectivity index (χ2n) is 5.89. The molecule has 2 unspecified atom stereocenters. The molecule has 1 aromatic rings. The minimum Gasteiger partial charge on any atom is -0.372 e. The van der Waals surface area contributed by atoms with Crippen molar-refractivity contribution >= 4 is 5.69 Å². The molecule has 0 saturated heterocycles. The summed E-state index contributed by atoms with van der Waals surface area (Å²) in [5.74, 6) is 0. The van der Waals surface area contributed by atoms with Gasteiger partial charge in [-0.05, 0) is 64.4 Å². The van der Waals surface area contributed by atoms with Crippen LogP contribution < -0.4 is 4.90 Å². The van der Waals surface area contributed by atoms with E-state index >= 15 is 0 Å². The average Bonchev–Trinajstić information content (AvgIpc) is 2.58. The first kappa shape index (κ1) is 21.0. The van der Waals surface area contributed by atoms with Gasteiger partial charge >= 0.3 is 0 Å². The van der Waals surface area contributed by atoms with E-state index < -0.39 is 0 Å². The summed E-state index contributed by atoms with van der Waals surface area (Å²) >= 11 is 0. The van der Waals surface area contributed by atoms with Gasteiger partial charge in [0.05, 0.1) is 0 Å². The highest BCUT2D eigenvalue weighted by Gasteiger charge is 2.26. The van der Waals surface area contributed by atoms with Crippen molar-refractivity contribution in [1.82, 2.24) is 4.90 Å². The third kappa shape index (κ3) is 6.39. The first-order valence-electron chi connectivity index (χ1n) is 9.04. The van der Waals surface area contributed by atoms with E-state index in [-0.39, 0.29) is 0 Å². The van der Waals surface area contributed by atoms with Gasteiger partial charge in [0, 0.05) is 24.8 Å². The second kappa shape index (κ2) is 11.5. The summed E-state index contributed by atoms with van der Waals surface area (Å²) in [4.78, 5) is 4.86. The number of hydrogen-bond donors (Lipinski definition) is 0. The van der Waals surface area contributed by atoms with Gasteiger partial charge in [0.1, 0.15) is 0 Å². The number of aryl methyl sites for hydroxylation is 1.